The summed E-state index contributed by atoms with van der Waals surface area (Å²) < 4.78 is 76.8. The van der Waals surface area contributed by atoms with Crippen LogP contribution in [0.3, 0.4) is 0 Å². The van der Waals surface area contributed by atoms with Crippen molar-refractivity contribution in [2.24, 2.45) is 0 Å². The molecule has 0 aliphatic rings. The predicted molar refractivity (Wildman–Crippen MR) is 67.4 cm³/mol. The minimum atomic E-state index is -4.80. The first kappa shape index (κ1) is 17.8. The van der Waals surface area contributed by atoms with Crippen LogP contribution in [0.4, 0.5) is 26.3 Å². The summed E-state index contributed by atoms with van der Waals surface area (Å²) in [6.07, 6.45) is -9.60. The van der Waals surface area contributed by atoms with Crippen LogP contribution in [0, 0.1) is 0 Å². The van der Waals surface area contributed by atoms with Gasteiger partial charge in [-0.1, -0.05) is 0 Å². The van der Waals surface area contributed by atoms with Gasteiger partial charge in [0, 0.05) is 5.56 Å². The molecule has 1 nitrogen and oxygen atoms in total. The van der Waals surface area contributed by atoms with Gasteiger partial charge in [0.25, 0.3) is 0 Å². The molecule has 0 radical (unpaired) electrons. The molecule has 0 saturated carbocycles. The highest BCUT2D eigenvalue weighted by Gasteiger charge is 2.37. The SMILES string of the molecule is CC(C)[N+](C)(C)Cc1cc(C(F)(F)F)cc(C(F)(F)F)c1. The zero-order chi connectivity index (χ0) is 16.6. The standard InChI is InChI=1S/C14H18F6N/c1-9(2)21(3,4)8-10-5-11(13(15,16)17)7-12(6-10)14(18,19)20/h5-7,9H,8H2,1-4H3/q+1. The molecule has 0 heterocycles. The van der Waals surface area contributed by atoms with Gasteiger partial charge < -0.3 is 4.48 Å². The number of nitrogens with zero attached hydrogens (tertiary/aromatic N) is 1. The van der Waals surface area contributed by atoms with Gasteiger partial charge in [0.1, 0.15) is 6.54 Å². The van der Waals surface area contributed by atoms with Crippen molar-refractivity contribution >= 4 is 0 Å². The van der Waals surface area contributed by atoms with Gasteiger partial charge in [-0.15, -0.1) is 0 Å². The Kier molecular flexibility index (Phi) is 4.68. The molecule has 0 saturated heterocycles. The number of halogens is 6. The average molecular weight is 314 g/mol. The van der Waals surface area contributed by atoms with Crippen LogP contribution >= 0.6 is 0 Å². The van der Waals surface area contributed by atoms with Gasteiger partial charge in [-0.2, -0.15) is 26.3 Å². The molecule has 0 spiro atoms. The summed E-state index contributed by atoms with van der Waals surface area (Å²) in [5.74, 6) is 0. The molecule has 0 bridgehead atoms. The Balaban J connectivity index is 3.33. The number of rotatable bonds is 3. The Morgan fingerprint density at radius 3 is 1.52 bits per heavy atom. The van der Waals surface area contributed by atoms with Crippen molar-refractivity contribution in [3.63, 3.8) is 0 Å². The lowest BCUT2D eigenvalue weighted by atomic mass is 10.0. The summed E-state index contributed by atoms with van der Waals surface area (Å²) in [6, 6.07) is 1.79. The Labute approximate surface area is 119 Å². The topological polar surface area (TPSA) is 0 Å². The number of quaternary nitrogens is 1. The van der Waals surface area contributed by atoms with E-state index < -0.39 is 23.5 Å². The van der Waals surface area contributed by atoms with Gasteiger partial charge in [-0.3, -0.25) is 0 Å². The molecule has 0 aliphatic carbocycles. The molecule has 1 rings (SSSR count). The second-order valence-electron chi connectivity index (χ2n) is 5.94. The molecule has 0 aliphatic heterocycles. The van der Waals surface area contributed by atoms with E-state index in [1.807, 2.05) is 13.8 Å². The number of hydrogen-bond donors (Lipinski definition) is 0. The smallest absolute Gasteiger partial charge is 0.323 e. The van der Waals surface area contributed by atoms with Gasteiger partial charge in [0.2, 0.25) is 0 Å². The molecular formula is C14H18F6N+. The zero-order valence-electron chi connectivity index (χ0n) is 12.2. The van der Waals surface area contributed by atoms with Crippen molar-refractivity contribution in [1.29, 1.82) is 0 Å². The van der Waals surface area contributed by atoms with E-state index in [4.69, 9.17) is 0 Å². The molecule has 0 aromatic heterocycles. The molecule has 0 unspecified atom stereocenters. The highest BCUT2D eigenvalue weighted by Crippen LogP contribution is 2.36. The van der Waals surface area contributed by atoms with Crippen molar-refractivity contribution in [1.82, 2.24) is 0 Å². The first-order valence-corrected chi connectivity index (χ1v) is 6.34. The van der Waals surface area contributed by atoms with E-state index >= 15 is 0 Å². The van der Waals surface area contributed by atoms with E-state index in [1.54, 1.807) is 14.1 Å². The maximum atomic E-state index is 12.8. The van der Waals surface area contributed by atoms with Crippen LogP contribution in [0.25, 0.3) is 0 Å². The van der Waals surface area contributed by atoms with Crippen molar-refractivity contribution < 1.29 is 30.8 Å². The van der Waals surface area contributed by atoms with Crippen molar-refractivity contribution in [2.75, 3.05) is 14.1 Å². The van der Waals surface area contributed by atoms with Crippen LogP contribution in [-0.2, 0) is 18.9 Å². The van der Waals surface area contributed by atoms with Crippen LogP contribution in [0.15, 0.2) is 18.2 Å². The predicted octanol–water partition coefficient (Wildman–Crippen LogP) is 4.71. The first-order valence-electron chi connectivity index (χ1n) is 6.34. The lowest BCUT2D eigenvalue weighted by Gasteiger charge is -2.34. The molecule has 120 valence electrons. The fourth-order valence-corrected chi connectivity index (χ4v) is 1.76. The van der Waals surface area contributed by atoms with Gasteiger partial charge in [-0.25, -0.2) is 0 Å². The van der Waals surface area contributed by atoms with Crippen LogP contribution in [0.1, 0.15) is 30.5 Å². The molecule has 1 aromatic carbocycles. The molecule has 7 heteroatoms. The number of benzene rings is 1. The fraction of sp³-hybridized carbons (Fsp3) is 0.571. The molecule has 0 fully saturated rings. The Bertz CT molecular complexity index is 467. The number of hydrogen-bond acceptors (Lipinski definition) is 0. The first-order chi connectivity index (χ1) is 9.23. The fourth-order valence-electron chi connectivity index (χ4n) is 1.76. The maximum absolute atomic E-state index is 12.8. The average Bonchev–Trinajstić information content (AvgIpc) is 2.25. The van der Waals surface area contributed by atoms with Crippen LogP contribution in [-0.4, -0.2) is 24.6 Å². The van der Waals surface area contributed by atoms with E-state index in [0.717, 1.165) is 12.1 Å². The minimum absolute atomic E-state index is 0.0239. The van der Waals surface area contributed by atoms with Crippen LogP contribution in [0.5, 0.6) is 0 Å². The second-order valence-corrected chi connectivity index (χ2v) is 5.94. The molecular weight excluding hydrogens is 296 g/mol. The van der Waals surface area contributed by atoms with E-state index in [-0.39, 0.29) is 24.2 Å². The van der Waals surface area contributed by atoms with E-state index in [1.165, 1.54) is 0 Å². The third-order valence-corrected chi connectivity index (χ3v) is 3.64. The Morgan fingerprint density at radius 1 is 0.857 bits per heavy atom. The highest BCUT2D eigenvalue weighted by molar-refractivity contribution is 5.33. The zero-order valence-corrected chi connectivity index (χ0v) is 12.2. The molecule has 0 amide bonds. The summed E-state index contributed by atoms with van der Waals surface area (Å²) in [5.41, 5.74) is -2.51. The normalized spacial score (nSPS) is 13.9. The van der Waals surface area contributed by atoms with Gasteiger partial charge in [-0.05, 0) is 32.0 Å². The highest BCUT2D eigenvalue weighted by atomic mass is 19.4. The van der Waals surface area contributed by atoms with Crippen LogP contribution in [0.2, 0.25) is 0 Å². The van der Waals surface area contributed by atoms with Crippen LogP contribution < -0.4 is 0 Å². The van der Waals surface area contributed by atoms with Crippen molar-refractivity contribution in [3.8, 4) is 0 Å². The Morgan fingerprint density at radius 2 is 1.24 bits per heavy atom. The summed E-state index contributed by atoms with van der Waals surface area (Å²) in [5, 5.41) is 0. The third-order valence-electron chi connectivity index (χ3n) is 3.64. The lowest BCUT2D eigenvalue weighted by Crippen LogP contribution is -2.44. The monoisotopic (exact) mass is 314 g/mol. The van der Waals surface area contributed by atoms with E-state index in [2.05, 4.69) is 0 Å². The summed E-state index contributed by atoms with van der Waals surface area (Å²) in [7, 11) is 3.52. The molecule has 0 N–H and O–H groups in total. The second kappa shape index (κ2) is 5.51. The largest absolute Gasteiger partial charge is 0.416 e. The summed E-state index contributed by atoms with van der Waals surface area (Å²) in [4.78, 5) is 0. The summed E-state index contributed by atoms with van der Waals surface area (Å²) in [6.45, 7) is 3.81. The Hall–Kier alpha value is -1.24. The van der Waals surface area contributed by atoms with E-state index in [9.17, 15) is 26.3 Å². The molecule has 21 heavy (non-hydrogen) atoms. The van der Waals surface area contributed by atoms with Crippen molar-refractivity contribution in [3.05, 3.63) is 34.9 Å². The van der Waals surface area contributed by atoms with Gasteiger partial charge in [0.05, 0.1) is 31.3 Å². The maximum Gasteiger partial charge on any atom is 0.416 e. The molecule has 1 aromatic rings. The van der Waals surface area contributed by atoms with E-state index in [0.29, 0.717) is 4.48 Å². The quantitative estimate of drug-likeness (QED) is 0.560. The minimum Gasteiger partial charge on any atom is -0.323 e. The lowest BCUT2D eigenvalue weighted by molar-refractivity contribution is -0.924. The summed E-state index contributed by atoms with van der Waals surface area (Å²) >= 11 is 0. The third kappa shape index (κ3) is 4.62. The van der Waals surface area contributed by atoms with Crippen molar-refractivity contribution in [2.45, 2.75) is 38.8 Å². The molecule has 0 atom stereocenters. The number of alkyl halides is 6. The van der Waals surface area contributed by atoms with Gasteiger partial charge in [0.15, 0.2) is 0 Å². The van der Waals surface area contributed by atoms with Gasteiger partial charge >= 0.3 is 12.4 Å².